The van der Waals surface area contributed by atoms with Gasteiger partial charge in [0.15, 0.2) is 0 Å². The summed E-state index contributed by atoms with van der Waals surface area (Å²) in [6.07, 6.45) is 1.55. The average molecular weight is 239 g/mol. The van der Waals surface area contributed by atoms with Crippen molar-refractivity contribution in [2.24, 2.45) is 0 Å². The molecule has 92 valence electrons. The predicted molar refractivity (Wildman–Crippen MR) is 59.4 cm³/mol. The molecule has 0 aliphatic heterocycles. The van der Waals surface area contributed by atoms with Crippen LogP contribution in [0.4, 0.5) is 0 Å². The molecule has 0 rings (SSSR count). The third-order valence-electron chi connectivity index (χ3n) is 2.19. The van der Waals surface area contributed by atoms with Gasteiger partial charge >= 0.3 is 0 Å². The SMILES string of the molecule is CCC(O)CN(C)CCCCS(=O)(=O)O. The van der Waals surface area contributed by atoms with Crippen molar-refractivity contribution in [2.75, 3.05) is 25.9 Å². The summed E-state index contributed by atoms with van der Waals surface area (Å²) >= 11 is 0. The summed E-state index contributed by atoms with van der Waals surface area (Å²) in [5, 5.41) is 9.34. The molecule has 0 aliphatic carbocycles. The van der Waals surface area contributed by atoms with Crippen LogP contribution in [0.15, 0.2) is 0 Å². The second-order valence-electron chi connectivity index (χ2n) is 3.82. The molecule has 0 fully saturated rings. The lowest BCUT2D eigenvalue weighted by Gasteiger charge is -2.19. The van der Waals surface area contributed by atoms with Crippen molar-refractivity contribution in [3.05, 3.63) is 0 Å². The van der Waals surface area contributed by atoms with Gasteiger partial charge in [0.25, 0.3) is 10.1 Å². The van der Waals surface area contributed by atoms with E-state index in [0.717, 1.165) is 13.0 Å². The number of hydrogen-bond donors (Lipinski definition) is 2. The van der Waals surface area contributed by atoms with Crippen LogP contribution in [0.25, 0.3) is 0 Å². The van der Waals surface area contributed by atoms with Gasteiger partial charge in [-0.05, 0) is 32.9 Å². The fourth-order valence-electron chi connectivity index (χ4n) is 1.25. The van der Waals surface area contributed by atoms with E-state index < -0.39 is 10.1 Å². The van der Waals surface area contributed by atoms with Crippen molar-refractivity contribution in [1.82, 2.24) is 4.90 Å². The van der Waals surface area contributed by atoms with Gasteiger partial charge in [0.1, 0.15) is 0 Å². The summed E-state index contributed by atoms with van der Waals surface area (Å²) in [6, 6.07) is 0. The maximum Gasteiger partial charge on any atom is 0.264 e. The molecule has 0 aromatic heterocycles. The second-order valence-corrected chi connectivity index (χ2v) is 5.39. The highest BCUT2D eigenvalue weighted by Crippen LogP contribution is 1.99. The van der Waals surface area contributed by atoms with Crippen LogP contribution in [0.2, 0.25) is 0 Å². The molecule has 0 aromatic rings. The van der Waals surface area contributed by atoms with Gasteiger partial charge in [-0.15, -0.1) is 0 Å². The zero-order valence-corrected chi connectivity index (χ0v) is 10.2. The van der Waals surface area contributed by atoms with Crippen molar-refractivity contribution >= 4 is 10.1 Å². The molecule has 5 nitrogen and oxygen atoms in total. The molecule has 6 heteroatoms. The first-order valence-electron chi connectivity index (χ1n) is 5.17. The molecule has 0 heterocycles. The third kappa shape index (κ3) is 10.1. The summed E-state index contributed by atoms with van der Waals surface area (Å²) in [7, 11) is -1.94. The van der Waals surface area contributed by atoms with Crippen LogP contribution >= 0.6 is 0 Å². The van der Waals surface area contributed by atoms with Crippen molar-refractivity contribution in [3.8, 4) is 0 Å². The minimum absolute atomic E-state index is 0.183. The van der Waals surface area contributed by atoms with Gasteiger partial charge in [-0.25, -0.2) is 0 Å². The van der Waals surface area contributed by atoms with E-state index in [1.807, 2.05) is 18.9 Å². The van der Waals surface area contributed by atoms with Crippen LogP contribution in [-0.2, 0) is 10.1 Å². The Morgan fingerprint density at radius 2 is 1.93 bits per heavy atom. The summed E-state index contributed by atoms with van der Waals surface area (Å²) in [4.78, 5) is 1.96. The minimum atomic E-state index is -3.82. The van der Waals surface area contributed by atoms with Gasteiger partial charge < -0.3 is 10.0 Å². The molecule has 0 saturated carbocycles. The summed E-state index contributed by atoms with van der Waals surface area (Å²) in [6.45, 7) is 3.24. The van der Waals surface area contributed by atoms with Crippen molar-refractivity contribution < 1.29 is 18.1 Å². The van der Waals surface area contributed by atoms with E-state index in [1.165, 1.54) is 0 Å². The molecular formula is C9H21NO4S. The van der Waals surface area contributed by atoms with Gasteiger partial charge in [-0.1, -0.05) is 6.92 Å². The first-order chi connectivity index (χ1) is 6.85. The number of aliphatic hydroxyl groups excluding tert-OH is 1. The molecule has 1 unspecified atom stereocenters. The van der Waals surface area contributed by atoms with Crippen LogP contribution in [0.1, 0.15) is 26.2 Å². The smallest absolute Gasteiger partial charge is 0.264 e. The molecule has 0 amide bonds. The molecule has 15 heavy (non-hydrogen) atoms. The van der Waals surface area contributed by atoms with Gasteiger partial charge in [-0.2, -0.15) is 8.42 Å². The average Bonchev–Trinajstić information content (AvgIpc) is 2.11. The van der Waals surface area contributed by atoms with Crippen LogP contribution < -0.4 is 0 Å². The number of unbranched alkanes of at least 4 members (excludes halogenated alkanes) is 1. The zero-order chi connectivity index (χ0) is 11.9. The van der Waals surface area contributed by atoms with E-state index in [2.05, 4.69) is 0 Å². The van der Waals surface area contributed by atoms with E-state index in [4.69, 9.17) is 4.55 Å². The largest absolute Gasteiger partial charge is 0.392 e. The van der Waals surface area contributed by atoms with E-state index in [0.29, 0.717) is 19.4 Å². The Kier molecular flexibility index (Phi) is 7.08. The first-order valence-corrected chi connectivity index (χ1v) is 6.78. The number of likely N-dealkylation sites (N-methyl/N-ethyl adjacent to an activating group) is 1. The van der Waals surface area contributed by atoms with Crippen LogP contribution in [-0.4, -0.2) is 55.0 Å². The Morgan fingerprint density at radius 3 is 2.40 bits per heavy atom. The van der Waals surface area contributed by atoms with Crippen molar-refractivity contribution in [3.63, 3.8) is 0 Å². The Bertz CT molecular complexity index is 253. The monoisotopic (exact) mass is 239 g/mol. The van der Waals surface area contributed by atoms with Crippen LogP contribution in [0, 0.1) is 0 Å². The molecule has 2 N–H and O–H groups in total. The van der Waals surface area contributed by atoms with Gasteiger partial charge in [0.2, 0.25) is 0 Å². The number of nitrogens with zero attached hydrogens (tertiary/aromatic N) is 1. The summed E-state index contributed by atoms with van der Waals surface area (Å²) in [5.74, 6) is -0.183. The molecule has 0 spiro atoms. The fourth-order valence-corrected chi connectivity index (χ4v) is 1.82. The Balaban J connectivity index is 3.51. The van der Waals surface area contributed by atoms with Gasteiger partial charge in [0, 0.05) is 6.54 Å². The predicted octanol–water partition coefficient (Wildman–Crippen LogP) is 0.357. The Hall–Kier alpha value is -0.170. The van der Waals surface area contributed by atoms with Crippen LogP contribution in [0.5, 0.6) is 0 Å². The lowest BCUT2D eigenvalue weighted by Crippen LogP contribution is -2.29. The zero-order valence-electron chi connectivity index (χ0n) is 9.39. The minimum Gasteiger partial charge on any atom is -0.392 e. The Labute approximate surface area is 91.8 Å². The molecule has 0 saturated heterocycles. The Morgan fingerprint density at radius 1 is 1.33 bits per heavy atom. The highest BCUT2D eigenvalue weighted by Gasteiger charge is 2.07. The standard InChI is InChI=1S/C9H21NO4S/c1-3-9(11)8-10(2)6-4-5-7-15(12,13)14/h9,11H,3-8H2,1-2H3,(H,12,13,14). The lowest BCUT2D eigenvalue weighted by atomic mass is 10.2. The third-order valence-corrected chi connectivity index (χ3v) is 2.99. The van der Waals surface area contributed by atoms with Crippen molar-refractivity contribution in [1.29, 1.82) is 0 Å². The van der Waals surface area contributed by atoms with E-state index in [-0.39, 0.29) is 11.9 Å². The number of rotatable bonds is 8. The van der Waals surface area contributed by atoms with Gasteiger partial charge in [-0.3, -0.25) is 4.55 Å². The maximum absolute atomic E-state index is 10.4. The van der Waals surface area contributed by atoms with E-state index in [9.17, 15) is 13.5 Å². The van der Waals surface area contributed by atoms with E-state index in [1.54, 1.807) is 0 Å². The molecule has 0 aliphatic rings. The van der Waals surface area contributed by atoms with Crippen molar-refractivity contribution in [2.45, 2.75) is 32.3 Å². The van der Waals surface area contributed by atoms with Gasteiger partial charge in [0.05, 0.1) is 11.9 Å². The number of aliphatic hydroxyl groups is 1. The molecule has 0 radical (unpaired) electrons. The second kappa shape index (κ2) is 7.16. The quantitative estimate of drug-likeness (QED) is 0.472. The normalized spacial score (nSPS) is 14.5. The van der Waals surface area contributed by atoms with Crippen LogP contribution in [0.3, 0.4) is 0 Å². The highest BCUT2D eigenvalue weighted by molar-refractivity contribution is 7.85. The first kappa shape index (κ1) is 14.8. The lowest BCUT2D eigenvalue weighted by molar-refractivity contribution is 0.121. The topological polar surface area (TPSA) is 77.8 Å². The summed E-state index contributed by atoms with van der Waals surface area (Å²) < 4.78 is 29.3. The summed E-state index contributed by atoms with van der Waals surface area (Å²) in [5.41, 5.74) is 0. The number of hydrogen-bond acceptors (Lipinski definition) is 4. The molecule has 1 atom stereocenters. The highest BCUT2D eigenvalue weighted by atomic mass is 32.2. The van der Waals surface area contributed by atoms with E-state index >= 15 is 0 Å². The fraction of sp³-hybridized carbons (Fsp3) is 1.00. The molecule has 0 bridgehead atoms. The molecule has 0 aromatic carbocycles. The maximum atomic E-state index is 10.4. The molecular weight excluding hydrogens is 218 g/mol.